The lowest BCUT2D eigenvalue weighted by Crippen LogP contribution is -2.42. The summed E-state index contributed by atoms with van der Waals surface area (Å²) in [4.78, 5) is 14.6. The number of amides is 1. The number of fused-ring (bicyclic) bond motifs is 1. The molecule has 0 aliphatic carbocycles. The van der Waals surface area contributed by atoms with Crippen molar-refractivity contribution in [1.82, 2.24) is 10.2 Å². The maximum atomic E-state index is 12.6. The largest absolute Gasteiger partial charge is 0.486 e. The minimum absolute atomic E-state index is 0. The molecule has 6 heteroatoms. The Kier molecular flexibility index (Phi) is 5.91. The molecule has 1 fully saturated rings. The summed E-state index contributed by atoms with van der Waals surface area (Å²) in [5, 5.41) is 3.20. The van der Waals surface area contributed by atoms with Crippen LogP contribution in [0.15, 0.2) is 18.2 Å². The number of hydrogen-bond acceptors (Lipinski definition) is 4. The number of nitrogens with one attached hydrogen (secondary N) is 1. The average Bonchev–Trinajstić information content (AvgIpc) is 2.54. The first-order chi connectivity index (χ1) is 10.3. The van der Waals surface area contributed by atoms with Crippen LogP contribution in [0.5, 0.6) is 11.5 Å². The van der Waals surface area contributed by atoms with Gasteiger partial charge in [-0.05, 0) is 50.6 Å². The van der Waals surface area contributed by atoms with Gasteiger partial charge in [-0.3, -0.25) is 4.79 Å². The van der Waals surface area contributed by atoms with Gasteiger partial charge in [-0.2, -0.15) is 0 Å². The topological polar surface area (TPSA) is 50.8 Å². The number of ether oxygens (including phenoxy) is 2. The number of rotatable bonds is 3. The lowest BCUT2D eigenvalue weighted by molar-refractivity contribution is 0.0673. The highest BCUT2D eigenvalue weighted by Gasteiger charge is 2.25. The van der Waals surface area contributed by atoms with Crippen LogP contribution < -0.4 is 14.8 Å². The van der Waals surface area contributed by atoms with E-state index in [1.54, 1.807) is 6.07 Å². The number of carbonyl (C=O) groups excluding carboxylic acids is 1. The van der Waals surface area contributed by atoms with Crippen LogP contribution in [0.25, 0.3) is 0 Å². The van der Waals surface area contributed by atoms with Gasteiger partial charge >= 0.3 is 0 Å². The summed E-state index contributed by atoms with van der Waals surface area (Å²) in [6.45, 7) is 3.74. The minimum Gasteiger partial charge on any atom is -0.486 e. The van der Waals surface area contributed by atoms with Gasteiger partial charge in [0.1, 0.15) is 13.2 Å². The normalized spacial score (nSPS) is 20.2. The third kappa shape index (κ3) is 3.65. The average molecular weight is 327 g/mol. The molecule has 5 nitrogen and oxygen atoms in total. The number of piperidine rings is 1. The molecule has 0 bridgehead atoms. The molecular weight excluding hydrogens is 304 g/mol. The Morgan fingerprint density at radius 3 is 2.86 bits per heavy atom. The van der Waals surface area contributed by atoms with E-state index in [0.717, 1.165) is 31.8 Å². The smallest absolute Gasteiger partial charge is 0.254 e. The Hall–Kier alpha value is -1.46. The monoisotopic (exact) mass is 326 g/mol. The molecule has 2 heterocycles. The molecular formula is C16H23ClN2O3. The predicted octanol–water partition coefficient (Wildman–Crippen LogP) is 1.95. The maximum absolute atomic E-state index is 12.6. The summed E-state index contributed by atoms with van der Waals surface area (Å²) >= 11 is 0. The number of nitrogens with zero attached hydrogens (tertiary/aromatic N) is 1. The van der Waals surface area contributed by atoms with Crippen LogP contribution in [-0.4, -0.2) is 50.7 Å². The predicted molar refractivity (Wildman–Crippen MR) is 87.2 cm³/mol. The van der Waals surface area contributed by atoms with E-state index >= 15 is 0 Å². The molecule has 0 aromatic heterocycles. The second-order valence-electron chi connectivity index (χ2n) is 5.68. The van der Waals surface area contributed by atoms with Crippen LogP contribution >= 0.6 is 12.4 Å². The van der Waals surface area contributed by atoms with Crippen LogP contribution in [0.2, 0.25) is 0 Å². The number of likely N-dealkylation sites (tertiary alicyclic amines) is 1. The fourth-order valence-corrected chi connectivity index (χ4v) is 3.06. The van der Waals surface area contributed by atoms with E-state index in [1.807, 2.05) is 24.1 Å². The van der Waals surface area contributed by atoms with E-state index < -0.39 is 0 Å². The third-order valence-electron chi connectivity index (χ3n) is 4.09. The molecule has 1 amide bonds. The summed E-state index contributed by atoms with van der Waals surface area (Å²) in [5.74, 6) is 2.04. The Bertz CT molecular complexity index is 522. The van der Waals surface area contributed by atoms with Crippen molar-refractivity contribution in [3.05, 3.63) is 23.8 Å². The van der Waals surface area contributed by atoms with Gasteiger partial charge in [0.15, 0.2) is 11.5 Å². The molecule has 0 spiro atoms. The molecule has 1 aromatic carbocycles. The van der Waals surface area contributed by atoms with E-state index in [0.29, 0.717) is 30.4 Å². The maximum Gasteiger partial charge on any atom is 0.254 e. The highest BCUT2D eigenvalue weighted by Crippen LogP contribution is 2.31. The second-order valence-corrected chi connectivity index (χ2v) is 5.68. The van der Waals surface area contributed by atoms with Crippen molar-refractivity contribution in [3.8, 4) is 11.5 Å². The second kappa shape index (κ2) is 7.70. The minimum atomic E-state index is 0. The number of hydrogen-bond donors (Lipinski definition) is 1. The molecule has 1 aromatic rings. The van der Waals surface area contributed by atoms with Crippen molar-refractivity contribution in [2.24, 2.45) is 5.92 Å². The highest BCUT2D eigenvalue weighted by atomic mass is 35.5. The van der Waals surface area contributed by atoms with Gasteiger partial charge in [0, 0.05) is 18.7 Å². The zero-order chi connectivity index (χ0) is 14.7. The van der Waals surface area contributed by atoms with Crippen LogP contribution in [0.3, 0.4) is 0 Å². The number of carbonyl (C=O) groups is 1. The fourth-order valence-electron chi connectivity index (χ4n) is 3.06. The van der Waals surface area contributed by atoms with Crippen molar-refractivity contribution >= 4 is 18.3 Å². The lowest BCUT2D eigenvalue weighted by Gasteiger charge is -2.33. The van der Waals surface area contributed by atoms with Crippen molar-refractivity contribution in [2.45, 2.75) is 12.8 Å². The number of benzene rings is 1. The van der Waals surface area contributed by atoms with Crippen molar-refractivity contribution in [3.63, 3.8) is 0 Å². The van der Waals surface area contributed by atoms with Gasteiger partial charge in [0.05, 0.1) is 0 Å². The summed E-state index contributed by atoms with van der Waals surface area (Å²) in [5.41, 5.74) is 0.685. The molecule has 1 atom stereocenters. The van der Waals surface area contributed by atoms with Gasteiger partial charge in [-0.1, -0.05) is 0 Å². The standard InChI is InChI=1S/C16H22N2O3.ClH/c1-17-10-12-3-2-6-18(11-12)16(19)13-4-5-14-15(9-13)21-8-7-20-14;/h4-5,9,12,17H,2-3,6-8,10-11H2,1H3;1H. The summed E-state index contributed by atoms with van der Waals surface area (Å²) in [6, 6.07) is 5.47. The van der Waals surface area contributed by atoms with Crippen LogP contribution in [0.4, 0.5) is 0 Å². The third-order valence-corrected chi connectivity index (χ3v) is 4.09. The molecule has 1 N–H and O–H groups in total. The quantitative estimate of drug-likeness (QED) is 0.922. The van der Waals surface area contributed by atoms with Crippen LogP contribution in [-0.2, 0) is 0 Å². The molecule has 0 radical (unpaired) electrons. The van der Waals surface area contributed by atoms with Crippen LogP contribution in [0.1, 0.15) is 23.2 Å². The molecule has 1 saturated heterocycles. The van der Waals surface area contributed by atoms with E-state index in [1.165, 1.54) is 6.42 Å². The summed E-state index contributed by atoms with van der Waals surface area (Å²) in [6.07, 6.45) is 2.26. The fraction of sp³-hybridized carbons (Fsp3) is 0.562. The van der Waals surface area contributed by atoms with Gasteiger partial charge in [0.2, 0.25) is 0 Å². The first-order valence-corrected chi connectivity index (χ1v) is 7.61. The van der Waals surface area contributed by atoms with Gasteiger partial charge in [-0.15, -0.1) is 12.4 Å². The molecule has 122 valence electrons. The van der Waals surface area contributed by atoms with Gasteiger partial charge in [-0.25, -0.2) is 0 Å². The van der Waals surface area contributed by atoms with Crippen molar-refractivity contribution in [2.75, 3.05) is 39.9 Å². The van der Waals surface area contributed by atoms with E-state index in [2.05, 4.69) is 5.32 Å². The first kappa shape index (κ1) is 16.9. The first-order valence-electron chi connectivity index (χ1n) is 7.61. The summed E-state index contributed by atoms with van der Waals surface area (Å²) < 4.78 is 11.1. The Labute approximate surface area is 137 Å². The van der Waals surface area contributed by atoms with Crippen molar-refractivity contribution in [1.29, 1.82) is 0 Å². The van der Waals surface area contributed by atoms with Crippen molar-refractivity contribution < 1.29 is 14.3 Å². The lowest BCUT2D eigenvalue weighted by atomic mass is 9.97. The zero-order valence-electron chi connectivity index (χ0n) is 12.8. The summed E-state index contributed by atoms with van der Waals surface area (Å²) in [7, 11) is 1.96. The van der Waals surface area contributed by atoms with E-state index in [-0.39, 0.29) is 18.3 Å². The van der Waals surface area contributed by atoms with Gasteiger partial charge < -0.3 is 19.7 Å². The SMILES string of the molecule is CNCC1CCCN(C(=O)c2ccc3c(c2)OCCO3)C1.Cl. The molecule has 2 aliphatic heterocycles. The molecule has 1 unspecified atom stereocenters. The zero-order valence-corrected chi connectivity index (χ0v) is 13.7. The Morgan fingerprint density at radius 2 is 2.09 bits per heavy atom. The number of halogens is 1. The molecule has 2 aliphatic rings. The Balaban J connectivity index is 0.00000176. The molecule has 0 saturated carbocycles. The molecule has 3 rings (SSSR count). The van der Waals surface area contributed by atoms with E-state index in [9.17, 15) is 4.79 Å². The molecule has 22 heavy (non-hydrogen) atoms. The van der Waals surface area contributed by atoms with Gasteiger partial charge in [0.25, 0.3) is 5.91 Å². The van der Waals surface area contributed by atoms with Crippen LogP contribution in [0, 0.1) is 5.92 Å². The highest BCUT2D eigenvalue weighted by molar-refractivity contribution is 5.95. The van der Waals surface area contributed by atoms with E-state index in [4.69, 9.17) is 9.47 Å². The Morgan fingerprint density at radius 1 is 1.32 bits per heavy atom.